The predicted octanol–water partition coefficient (Wildman–Crippen LogP) is 3.21. The number of aromatic nitrogens is 2. The van der Waals surface area contributed by atoms with Crippen molar-refractivity contribution in [3.63, 3.8) is 0 Å². The number of imidazole rings is 1. The maximum atomic E-state index is 5.92. The molecule has 0 saturated carbocycles. The van der Waals surface area contributed by atoms with Crippen molar-refractivity contribution in [1.29, 1.82) is 0 Å². The maximum Gasteiger partial charge on any atom is 0.195 e. The molecule has 86 valence electrons. The fourth-order valence-corrected chi connectivity index (χ4v) is 2.82. The number of anilines is 1. The number of benzene rings is 1. The minimum atomic E-state index is 0.691. The molecule has 0 spiro atoms. The van der Waals surface area contributed by atoms with Gasteiger partial charge in [0.25, 0.3) is 0 Å². The second-order valence-corrected chi connectivity index (χ2v) is 4.81. The van der Waals surface area contributed by atoms with Gasteiger partial charge in [0.15, 0.2) is 4.96 Å². The van der Waals surface area contributed by atoms with Gasteiger partial charge in [-0.15, -0.1) is 11.3 Å². The Kier molecular flexibility index (Phi) is 2.37. The lowest BCUT2D eigenvalue weighted by Crippen LogP contribution is -1.93. The van der Waals surface area contributed by atoms with Crippen LogP contribution in [0.15, 0.2) is 35.8 Å². The molecule has 0 aliphatic heterocycles. The van der Waals surface area contributed by atoms with Gasteiger partial charge in [0.2, 0.25) is 0 Å². The summed E-state index contributed by atoms with van der Waals surface area (Å²) in [5.74, 6) is 0.691. The van der Waals surface area contributed by atoms with E-state index in [0.29, 0.717) is 5.82 Å². The van der Waals surface area contributed by atoms with Crippen molar-refractivity contribution in [3.8, 4) is 11.3 Å². The van der Waals surface area contributed by atoms with Gasteiger partial charge in [-0.05, 0) is 17.5 Å². The van der Waals surface area contributed by atoms with Gasteiger partial charge in [-0.25, -0.2) is 4.98 Å². The Bertz CT molecular complexity index is 649. The normalized spacial score (nSPS) is 11.1. The van der Waals surface area contributed by atoms with Crippen LogP contribution in [0.25, 0.3) is 16.2 Å². The Balaban J connectivity index is 2.16. The summed E-state index contributed by atoms with van der Waals surface area (Å²) in [6.07, 6.45) is 2.77. The Morgan fingerprint density at radius 3 is 2.76 bits per heavy atom. The predicted molar refractivity (Wildman–Crippen MR) is 72.3 cm³/mol. The van der Waals surface area contributed by atoms with E-state index in [0.717, 1.165) is 17.1 Å². The van der Waals surface area contributed by atoms with Gasteiger partial charge in [0.1, 0.15) is 5.82 Å². The maximum absolute atomic E-state index is 5.92. The van der Waals surface area contributed by atoms with Crippen LogP contribution in [0.4, 0.5) is 5.82 Å². The number of hydrogen-bond acceptors (Lipinski definition) is 3. The van der Waals surface area contributed by atoms with Crippen LogP contribution in [0.2, 0.25) is 0 Å². The molecular weight excluding hydrogens is 230 g/mol. The van der Waals surface area contributed by atoms with Crippen molar-refractivity contribution >= 4 is 22.1 Å². The van der Waals surface area contributed by atoms with E-state index < -0.39 is 0 Å². The van der Waals surface area contributed by atoms with Crippen LogP contribution in [-0.2, 0) is 6.42 Å². The number of nitrogen functional groups attached to an aromatic ring is 1. The zero-order chi connectivity index (χ0) is 11.8. The summed E-state index contributed by atoms with van der Waals surface area (Å²) >= 11 is 1.61. The third-order valence-corrected chi connectivity index (χ3v) is 3.77. The average molecular weight is 243 g/mol. The summed E-state index contributed by atoms with van der Waals surface area (Å²) in [5.41, 5.74) is 9.56. The number of fused-ring (bicyclic) bond motifs is 1. The first-order valence-corrected chi connectivity index (χ1v) is 6.47. The minimum Gasteiger partial charge on any atom is -0.383 e. The summed E-state index contributed by atoms with van der Waals surface area (Å²) in [5, 5.41) is 2.10. The van der Waals surface area contributed by atoms with E-state index in [2.05, 4.69) is 41.6 Å². The average Bonchev–Trinajstić information content (AvgIpc) is 2.93. The van der Waals surface area contributed by atoms with Crippen LogP contribution < -0.4 is 5.73 Å². The number of nitrogens with two attached hydrogens (primary N) is 1. The molecule has 0 saturated heterocycles. The number of thiazole rings is 1. The topological polar surface area (TPSA) is 43.3 Å². The molecule has 3 nitrogen and oxygen atoms in total. The van der Waals surface area contributed by atoms with E-state index >= 15 is 0 Å². The molecule has 2 heterocycles. The van der Waals surface area contributed by atoms with E-state index in [1.807, 2.05) is 4.40 Å². The molecule has 0 bridgehead atoms. The van der Waals surface area contributed by atoms with Gasteiger partial charge in [-0.3, -0.25) is 4.40 Å². The fraction of sp³-hybridized carbons (Fsp3) is 0.154. The summed E-state index contributed by atoms with van der Waals surface area (Å²) in [6, 6.07) is 8.59. The summed E-state index contributed by atoms with van der Waals surface area (Å²) in [7, 11) is 0. The van der Waals surface area contributed by atoms with Crippen molar-refractivity contribution in [1.82, 2.24) is 9.38 Å². The molecule has 1 aromatic carbocycles. The second-order valence-electron chi connectivity index (χ2n) is 3.97. The minimum absolute atomic E-state index is 0.691. The third kappa shape index (κ3) is 1.61. The van der Waals surface area contributed by atoms with Crippen LogP contribution in [0.3, 0.4) is 0 Å². The SMILES string of the molecule is CCc1ccc(-c2csc3ncc(N)n23)cc1. The van der Waals surface area contributed by atoms with Gasteiger partial charge in [0, 0.05) is 5.38 Å². The van der Waals surface area contributed by atoms with Crippen LogP contribution in [0.5, 0.6) is 0 Å². The van der Waals surface area contributed by atoms with Gasteiger partial charge in [-0.1, -0.05) is 31.2 Å². The quantitative estimate of drug-likeness (QED) is 0.751. The van der Waals surface area contributed by atoms with Gasteiger partial charge in [0.05, 0.1) is 11.9 Å². The van der Waals surface area contributed by atoms with Crippen molar-refractivity contribution < 1.29 is 0 Å². The van der Waals surface area contributed by atoms with E-state index in [1.165, 1.54) is 11.1 Å². The number of rotatable bonds is 2. The molecule has 0 amide bonds. The zero-order valence-electron chi connectivity index (χ0n) is 9.55. The molecule has 2 N–H and O–H groups in total. The monoisotopic (exact) mass is 243 g/mol. The molecule has 0 atom stereocenters. The lowest BCUT2D eigenvalue weighted by Gasteiger charge is -2.02. The molecule has 3 rings (SSSR count). The first-order chi connectivity index (χ1) is 8.29. The Morgan fingerprint density at radius 1 is 1.29 bits per heavy atom. The molecule has 2 aromatic heterocycles. The molecule has 0 radical (unpaired) electrons. The largest absolute Gasteiger partial charge is 0.383 e. The van der Waals surface area contributed by atoms with Crippen molar-refractivity contribution in [2.75, 3.05) is 5.73 Å². The Morgan fingerprint density at radius 2 is 2.06 bits per heavy atom. The number of nitrogens with zero attached hydrogens (tertiary/aromatic N) is 2. The van der Waals surface area contributed by atoms with E-state index in [-0.39, 0.29) is 0 Å². The van der Waals surface area contributed by atoms with Crippen molar-refractivity contribution in [2.24, 2.45) is 0 Å². The second kappa shape index (κ2) is 3.89. The zero-order valence-corrected chi connectivity index (χ0v) is 10.4. The highest BCUT2D eigenvalue weighted by Gasteiger charge is 2.09. The molecule has 3 aromatic rings. The summed E-state index contributed by atoms with van der Waals surface area (Å²) in [6.45, 7) is 2.16. The van der Waals surface area contributed by atoms with Gasteiger partial charge < -0.3 is 5.73 Å². The lowest BCUT2D eigenvalue weighted by molar-refractivity contribution is 1.14. The van der Waals surface area contributed by atoms with Gasteiger partial charge >= 0.3 is 0 Å². The molecule has 17 heavy (non-hydrogen) atoms. The van der Waals surface area contributed by atoms with Gasteiger partial charge in [-0.2, -0.15) is 0 Å². The smallest absolute Gasteiger partial charge is 0.195 e. The van der Waals surface area contributed by atoms with Crippen molar-refractivity contribution in [3.05, 3.63) is 41.4 Å². The third-order valence-electron chi connectivity index (χ3n) is 2.93. The van der Waals surface area contributed by atoms with E-state index in [9.17, 15) is 0 Å². The van der Waals surface area contributed by atoms with Crippen LogP contribution in [0, 0.1) is 0 Å². The molecule has 4 heteroatoms. The molecule has 0 fully saturated rings. The molecule has 0 aliphatic carbocycles. The first kappa shape index (κ1) is 10.4. The van der Waals surface area contributed by atoms with Crippen LogP contribution >= 0.6 is 11.3 Å². The fourth-order valence-electron chi connectivity index (χ4n) is 1.94. The molecule has 0 aliphatic rings. The highest BCUT2D eigenvalue weighted by molar-refractivity contribution is 7.15. The lowest BCUT2D eigenvalue weighted by atomic mass is 10.1. The summed E-state index contributed by atoms with van der Waals surface area (Å²) < 4.78 is 1.99. The molecule has 0 unspecified atom stereocenters. The summed E-state index contributed by atoms with van der Waals surface area (Å²) in [4.78, 5) is 5.20. The molecular formula is C13H13N3S. The van der Waals surface area contributed by atoms with Crippen molar-refractivity contribution in [2.45, 2.75) is 13.3 Å². The van der Waals surface area contributed by atoms with E-state index in [4.69, 9.17) is 5.73 Å². The van der Waals surface area contributed by atoms with Crippen LogP contribution in [-0.4, -0.2) is 9.38 Å². The van der Waals surface area contributed by atoms with Crippen LogP contribution in [0.1, 0.15) is 12.5 Å². The Labute approximate surface area is 104 Å². The standard InChI is InChI=1S/C13H13N3S/c1-2-9-3-5-10(6-4-9)11-8-17-13-15-7-12(14)16(11)13/h3-8H,2,14H2,1H3. The number of aryl methyl sites for hydroxylation is 1. The van der Waals surface area contributed by atoms with E-state index in [1.54, 1.807) is 17.5 Å². The Hall–Kier alpha value is -1.81. The first-order valence-electron chi connectivity index (χ1n) is 5.59. The highest BCUT2D eigenvalue weighted by Crippen LogP contribution is 2.28. The highest BCUT2D eigenvalue weighted by atomic mass is 32.1. The number of hydrogen-bond donors (Lipinski definition) is 1.